The predicted octanol–water partition coefficient (Wildman–Crippen LogP) is 1.38. The van der Waals surface area contributed by atoms with E-state index in [1.54, 1.807) is 0 Å². The molecule has 1 aliphatic rings. The minimum absolute atomic E-state index is 0. The zero-order chi connectivity index (χ0) is 12.1. The maximum absolute atomic E-state index is 12.2. The van der Waals surface area contributed by atoms with E-state index in [1.165, 1.54) is 0 Å². The standard InChI is InChI=1S/C12H25N3O.2ClH/c1-10(2)15(11(3)4)12(16)9-14-7-5-13-6-8-14;;/h10-11,13H,5-9H2,1-4H3;2*1H. The lowest BCUT2D eigenvalue weighted by atomic mass is 10.2. The van der Waals surface area contributed by atoms with Crippen LogP contribution >= 0.6 is 24.8 Å². The quantitative estimate of drug-likeness (QED) is 0.852. The van der Waals surface area contributed by atoms with E-state index >= 15 is 0 Å². The summed E-state index contributed by atoms with van der Waals surface area (Å²) in [6.45, 7) is 12.8. The van der Waals surface area contributed by atoms with Gasteiger partial charge in [-0.2, -0.15) is 0 Å². The van der Waals surface area contributed by atoms with Crippen molar-refractivity contribution in [2.45, 2.75) is 39.8 Å². The molecule has 0 aromatic rings. The molecule has 0 aromatic heterocycles. The van der Waals surface area contributed by atoms with Gasteiger partial charge in [0.25, 0.3) is 0 Å². The van der Waals surface area contributed by atoms with Crippen molar-refractivity contribution in [3.05, 3.63) is 0 Å². The summed E-state index contributed by atoms with van der Waals surface area (Å²) < 4.78 is 0. The second-order valence-corrected chi connectivity index (χ2v) is 5.01. The Kier molecular flexibility index (Phi) is 11.1. The molecule has 0 atom stereocenters. The molecule has 0 saturated carbocycles. The topological polar surface area (TPSA) is 35.6 Å². The van der Waals surface area contributed by atoms with Crippen LogP contribution in [0.25, 0.3) is 0 Å². The second kappa shape index (κ2) is 9.84. The maximum atomic E-state index is 12.2. The van der Waals surface area contributed by atoms with Crippen LogP contribution in [0, 0.1) is 0 Å². The van der Waals surface area contributed by atoms with Crippen LogP contribution in [0.5, 0.6) is 0 Å². The highest BCUT2D eigenvalue weighted by molar-refractivity contribution is 5.85. The predicted molar refractivity (Wildman–Crippen MR) is 80.9 cm³/mol. The van der Waals surface area contributed by atoms with Crippen molar-refractivity contribution in [1.82, 2.24) is 15.1 Å². The van der Waals surface area contributed by atoms with E-state index in [1.807, 2.05) is 4.90 Å². The number of amides is 1. The van der Waals surface area contributed by atoms with Crippen molar-refractivity contribution >= 4 is 30.7 Å². The molecule has 110 valence electrons. The van der Waals surface area contributed by atoms with Gasteiger partial charge in [-0.3, -0.25) is 9.69 Å². The second-order valence-electron chi connectivity index (χ2n) is 5.01. The summed E-state index contributed by atoms with van der Waals surface area (Å²) in [6.07, 6.45) is 0. The first-order chi connectivity index (χ1) is 7.52. The van der Waals surface area contributed by atoms with Crippen molar-refractivity contribution in [2.75, 3.05) is 32.7 Å². The number of hydrogen-bond donors (Lipinski definition) is 1. The summed E-state index contributed by atoms with van der Waals surface area (Å²) >= 11 is 0. The van der Waals surface area contributed by atoms with Gasteiger partial charge in [0, 0.05) is 38.3 Å². The summed E-state index contributed by atoms with van der Waals surface area (Å²) in [6, 6.07) is 0.575. The molecule has 1 N–H and O–H groups in total. The minimum Gasteiger partial charge on any atom is -0.337 e. The maximum Gasteiger partial charge on any atom is 0.237 e. The highest BCUT2D eigenvalue weighted by Gasteiger charge is 2.22. The van der Waals surface area contributed by atoms with Crippen LogP contribution in [0.1, 0.15) is 27.7 Å². The number of nitrogens with zero attached hydrogens (tertiary/aromatic N) is 2. The summed E-state index contributed by atoms with van der Waals surface area (Å²) in [4.78, 5) is 16.4. The smallest absolute Gasteiger partial charge is 0.237 e. The lowest BCUT2D eigenvalue weighted by Crippen LogP contribution is -2.51. The number of carbonyl (C=O) groups is 1. The van der Waals surface area contributed by atoms with Crippen molar-refractivity contribution in [3.63, 3.8) is 0 Å². The first-order valence-electron chi connectivity index (χ1n) is 6.26. The van der Waals surface area contributed by atoms with E-state index in [0.717, 1.165) is 26.2 Å². The number of hydrogen-bond acceptors (Lipinski definition) is 3. The fraction of sp³-hybridized carbons (Fsp3) is 0.917. The van der Waals surface area contributed by atoms with Crippen LogP contribution in [0.4, 0.5) is 0 Å². The highest BCUT2D eigenvalue weighted by atomic mass is 35.5. The van der Waals surface area contributed by atoms with Crippen molar-refractivity contribution in [3.8, 4) is 0 Å². The highest BCUT2D eigenvalue weighted by Crippen LogP contribution is 2.06. The van der Waals surface area contributed by atoms with E-state index in [9.17, 15) is 4.79 Å². The van der Waals surface area contributed by atoms with E-state index in [-0.39, 0.29) is 42.8 Å². The average Bonchev–Trinajstić information content (AvgIpc) is 2.17. The number of nitrogens with one attached hydrogen (secondary N) is 1. The third kappa shape index (κ3) is 6.23. The fourth-order valence-electron chi connectivity index (χ4n) is 2.31. The molecule has 1 amide bonds. The third-order valence-electron chi connectivity index (χ3n) is 2.97. The van der Waals surface area contributed by atoms with E-state index in [0.29, 0.717) is 6.54 Å². The van der Waals surface area contributed by atoms with Crippen molar-refractivity contribution in [1.29, 1.82) is 0 Å². The number of halogens is 2. The Labute approximate surface area is 123 Å². The zero-order valence-corrected chi connectivity index (χ0v) is 13.4. The van der Waals surface area contributed by atoms with Gasteiger partial charge in [-0.15, -0.1) is 24.8 Å². The molecular weight excluding hydrogens is 273 g/mol. The van der Waals surface area contributed by atoms with E-state index in [4.69, 9.17) is 0 Å². The first-order valence-corrected chi connectivity index (χ1v) is 6.26. The van der Waals surface area contributed by atoms with Crippen LogP contribution in [-0.4, -0.2) is 60.5 Å². The molecule has 1 fully saturated rings. The van der Waals surface area contributed by atoms with Gasteiger partial charge in [0.1, 0.15) is 0 Å². The van der Waals surface area contributed by atoms with E-state index in [2.05, 4.69) is 37.9 Å². The van der Waals surface area contributed by atoms with Crippen LogP contribution in [-0.2, 0) is 4.79 Å². The Balaban J connectivity index is 0. The Hall–Kier alpha value is -0.0300. The molecule has 1 aliphatic heterocycles. The van der Waals surface area contributed by atoms with Crippen LogP contribution in [0.2, 0.25) is 0 Å². The Morgan fingerprint density at radius 3 is 1.94 bits per heavy atom. The molecule has 0 spiro atoms. The van der Waals surface area contributed by atoms with E-state index < -0.39 is 0 Å². The molecule has 6 heteroatoms. The lowest BCUT2D eigenvalue weighted by Gasteiger charge is -2.34. The van der Waals surface area contributed by atoms with Gasteiger partial charge >= 0.3 is 0 Å². The summed E-state index contributed by atoms with van der Waals surface area (Å²) in [5, 5.41) is 3.30. The monoisotopic (exact) mass is 299 g/mol. The molecule has 0 unspecified atom stereocenters. The van der Waals surface area contributed by atoms with Gasteiger partial charge in [0.2, 0.25) is 5.91 Å². The molecule has 0 radical (unpaired) electrons. The summed E-state index contributed by atoms with van der Waals surface area (Å²) in [5.74, 6) is 0.256. The third-order valence-corrected chi connectivity index (χ3v) is 2.97. The van der Waals surface area contributed by atoms with Gasteiger partial charge in [0.15, 0.2) is 0 Å². The summed E-state index contributed by atoms with van der Waals surface area (Å²) in [7, 11) is 0. The van der Waals surface area contributed by atoms with Crippen LogP contribution in [0.15, 0.2) is 0 Å². The zero-order valence-electron chi connectivity index (χ0n) is 11.8. The number of rotatable bonds is 4. The molecule has 0 aromatic carbocycles. The van der Waals surface area contributed by atoms with Gasteiger partial charge in [-0.1, -0.05) is 0 Å². The van der Waals surface area contributed by atoms with Gasteiger partial charge < -0.3 is 10.2 Å². The van der Waals surface area contributed by atoms with Gasteiger partial charge in [-0.05, 0) is 27.7 Å². The Bertz CT molecular complexity index is 223. The fourth-order valence-corrected chi connectivity index (χ4v) is 2.31. The molecule has 1 rings (SSSR count). The first kappa shape index (κ1) is 20.3. The van der Waals surface area contributed by atoms with Crippen LogP contribution < -0.4 is 5.32 Å². The largest absolute Gasteiger partial charge is 0.337 e. The average molecular weight is 300 g/mol. The molecule has 18 heavy (non-hydrogen) atoms. The molecule has 0 aliphatic carbocycles. The SMILES string of the molecule is CC(C)N(C(=O)CN1CCNCC1)C(C)C.Cl.Cl. The normalized spacial score (nSPS) is 16.1. The Morgan fingerprint density at radius 2 is 1.56 bits per heavy atom. The van der Waals surface area contributed by atoms with Gasteiger partial charge in [-0.25, -0.2) is 0 Å². The van der Waals surface area contributed by atoms with Gasteiger partial charge in [0.05, 0.1) is 6.54 Å². The molecular formula is C12H27Cl2N3O. The molecule has 1 saturated heterocycles. The van der Waals surface area contributed by atoms with Crippen molar-refractivity contribution < 1.29 is 4.79 Å². The molecule has 0 bridgehead atoms. The Morgan fingerprint density at radius 1 is 1.11 bits per heavy atom. The van der Waals surface area contributed by atoms with Crippen LogP contribution in [0.3, 0.4) is 0 Å². The summed E-state index contributed by atoms with van der Waals surface area (Å²) in [5.41, 5.74) is 0. The lowest BCUT2D eigenvalue weighted by molar-refractivity contribution is -0.136. The van der Waals surface area contributed by atoms with Crippen molar-refractivity contribution in [2.24, 2.45) is 0 Å². The number of carbonyl (C=O) groups excluding carboxylic acids is 1. The molecule has 4 nitrogen and oxygen atoms in total. The number of piperazine rings is 1. The minimum atomic E-state index is 0. The molecule has 1 heterocycles.